The van der Waals surface area contributed by atoms with E-state index in [-0.39, 0.29) is 0 Å². The Bertz CT molecular complexity index is 716. The van der Waals surface area contributed by atoms with Crippen LogP contribution in [0.5, 0.6) is 0 Å². The van der Waals surface area contributed by atoms with Crippen molar-refractivity contribution in [2.75, 3.05) is 13.1 Å². The van der Waals surface area contributed by atoms with Crippen LogP contribution in [0, 0.1) is 0 Å². The molecule has 2 nitrogen and oxygen atoms in total. The van der Waals surface area contributed by atoms with E-state index in [9.17, 15) is 0 Å². The first kappa shape index (κ1) is 40.3. The molecular weight excluding hydrogens is 532 g/mol. The predicted octanol–water partition coefficient (Wildman–Crippen LogP) is 13.3. The topological polar surface area (TPSA) is 6.02 Å². The third kappa shape index (κ3) is 29.0. The maximum Gasteiger partial charge on any atom is 0.168 e. The van der Waals surface area contributed by atoms with Crippen molar-refractivity contribution in [3.05, 3.63) is 48.9 Å². The standard InChI is InChI=1S/C42H76N2/c1-3-5-7-9-11-13-15-17-19-21-23-25-27-31-37-43-39-33-29-35-41-44(42-36-30-34-40-43)38-32-28-26-24-22-20-18-16-14-12-10-8-6-4-2/h29-30,33-36,39-42H,3-28,31-32,37-38H2,1-2H3/q+2/b33-29-,34-30?,35-29?,36-30+,39-33?,40-34-,41-35+,42-36?,43-39-,43-40?,44-41?,44-42-. The van der Waals surface area contributed by atoms with Gasteiger partial charge >= 0.3 is 0 Å². The summed E-state index contributed by atoms with van der Waals surface area (Å²) >= 11 is 0. The highest BCUT2D eigenvalue weighted by molar-refractivity contribution is 5.68. The molecule has 1 rings (SSSR count). The first-order chi connectivity index (χ1) is 21.9. The van der Waals surface area contributed by atoms with Gasteiger partial charge in [-0.3, -0.25) is 0 Å². The van der Waals surface area contributed by atoms with Crippen molar-refractivity contribution in [2.24, 2.45) is 0 Å². The Kier molecular flexibility index (Phi) is 31.3. The van der Waals surface area contributed by atoms with Crippen molar-refractivity contribution in [1.29, 1.82) is 0 Å². The Morgan fingerprint density at radius 2 is 0.523 bits per heavy atom. The quantitative estimate of drug-likeness (QED) is 0.0565. The number of hydrogen-bond donors (Lipinski definition) is 0. The van der Waals surface area contributed by atoms with Crippen LogP contribution in [0.4, 0.5) is 0 Å². The molecule has 1 aliphatic heterocycles. The van der Waals surface area contributed by atoms with E-state index in [4.69, 9.17) is 0 Å². The van der Waals surface area contributed by atoms with Crippen LogP contribution in [0.25, 0.3) is 0 Å². The second-order valence-corrected chi connectivity index (χ2v) is 13.4. The van der Waals surface area contributed by atoms with Crippen LogP contribution in [-0.4, -0.2) is 34.7 Å². The fraction of sp³-hybridized carbons (Fsp3) is 0.762. The van der Waals surface area contributed by atoms with Gasteiger partial charge in [0.25, 0.3) is 0 Å². The fourth-order valence-electron chi connectivity index (χ4n) is 6.14. The summed E-state index contributed by atoms with van der Waals surface area (Å²) in [4.78, 5) is 0. The lowest BCUT2D eigenvalue weighted by Crippen LogP contribution is -2.08. The monoisotopic (exact) mass is 609 g/mol. The number of allylic oxidation sites excluding steroid dienone is 6. The lowest BCUT2D eigenvalue weighted by molar-refractivity contribution is -0.452. The van der Waals surface area contributed by atoms with Gasteiger partial charge in [0.05, 0.1) is 0 Å². The van der Waals surface area contributed by atoms with E-state index in [1.165, 1.54) is 180 Å². The van der Waals surface area contributed by atoms with Gasteiger partial charge in [-0.2, -0.15) is 0 Å². The van der Waals surface area contributed by atoms with Crippen molar-refractivity contribution in [1.82, 2.24) is 0 Å². The fourth-order valence-corrected chi connectivity index (χ4v) is 6.14. The van der Waals surface area contributed by atoms with Crippen LogP contribution in [0.15, 0.2) is 48.9 Å². The molecule has 252 valence electrons. The number of rotatable bonds is 30. The summed E-state index contributed by atoms with van der Waals surface area (Å²) in [6.07, 6.45) is 61.5. The smallest absolute Gasteiger partial charge is 0.168 e. The second kappa shape index (κ2) is 34.2. The van der Waals surface area contributed by atoms with Gasteiger partial charge in [-0.05, 0) is 12.8 Å². The van der Waals surface area contributed by atoms with Crippen LogP contribution in [0.1, 0.15) is 194 Å². The molecule has 0 amide bonds. The van der Waals surface area contributed by atoms with E-state index in [1.54, 1.807) is 0 Å². The molecule has 0 aliphatic carbocycles. The Balaban J connectivity index is 2.07. The predicted molar refractivity (Wildman–Crippen MR) is 200 cm³/mol. The van der Waals surface area contributed by atoms with Crippen LogP contribution >= 0.6 is 0 Å². The van der Waals surface area contributed by atoms with E-state index in [1.807, 2.05) is 0 Å². The molecule has 0 fully saturated rings. The van der Waals surface area contributed by atoms with Gasteiger partial charge in [-0.15, -0.1) is 0 Å². The molecule has 0 N–H and O–H groups in total. The Labute approximate surface area is 276 Å². The molecule has 2 heteroatoms. The Hall–Kier alpha value is -1.70. The molecule has 0 aromatic carbocycles. The third-order valence-electron chi connectivity index (χ3n) is 9.09. The lowest BCUT2D eigenvalue weighted by atomic mass is 10.0. The number of hydrogen-bond acceptors (Lipinski definition) is 0. The van der Waals surface area contributed by atoms with Crippen molar-refractivity contribution in [3.8, 4) is 0 Å². The summed E-state index contributed by atoms with van der Waals surface area (Å²) < 4.78 is 4.67. The molecule has 0 bridgehead atoms. The highest BCUT2D eigenvalue weighted by Crippen LogP contribution is 2.14. The van der Waals surface area contributed by atoms with Gasteiger partial charge in [0.2, 0.25) is 0 Å². The molecular formula is C42H76N2+2. The van der Waals surface area contributed by atoms with Gasteiger partial charge in [0.15, 0.2) is 24.8 Å². The summed E-state index contributed by atoms with van der Waals surface area (Å²) in [6, 6.07) is 0. The highest BCUT2D eigenvalue weighted by Gasteiger charge is 2.02. The molecule has 0 aromatic heterocycles. The van der Waals surface area contributed by atoms with Gasteiger partial charge in [0.1, 0.15) is 13.1 Å². The molecule has 0 unspecified atom stereocenters. The summed E-state index contributed by atoms with van der Waals surface area (Å²) in [7, 11) is 0. The maximum atomic E-state index is 2.34. The minimum absolute atomic E-state index is 1.10. The zero-order valence-electron chi connectivity index (χ0n) is 29.9. The molecule has 0 radical (unpaired) electrons. The van der Waals surface area contributed by atoms with Crippen molar-refractivity contribution in [2.45, 2.75) is 194 Å². The average Bonchev–Trinajstić information content (AvgIpc) is 3.03. The second-order valence-electron chi connectivity index (χ2n) is 13.4. The summed E-state index contributed by atoms with van der Waals surface area (Å²) in [5.41, 5.74) is 0. The average molecular weight is 609 g/mol. The zero-order chi connectivity index (χ0) is 31.4. The van der Waals surface area contributed by atoms with E-state index >= 15 is 0 Å². The summed E-state index contributed by atoms with van der Waals surface area (Å²) in [5.74, 6) is 0. The Morgan fingerprint density at radius 1 is 0.273 bits per heavy atom. The highest BCUT2D eigenvalue weighted by atomic mass is 15.0. The number of nitrogens with zero attached hydrogens (tertiary/aromatic N) is 2. The largest absolute Gasteiger partial charge is 0.205 e. The maximum absolute atomic E-state index is 2.34. The van der Waals surface area contributed by atoms with Crippen molar-refractivity contribution < 1.29 is 9.15 Å². The van der Waals surface area contributed by atoms with Crippen molar-refractivity contribution in [3.63, 3.8) is 0 Å². The zero-order valence-corrected chi connectivity index (χ0v) is 29.9. The normalized spacial score (nSPS) is 18.9. The van der Waals surface area contributed by atoms with E-state index < -0.39 is 0 Å². The summed E-state index contributed by atoms with van der Waals surface area (Å²) in [6.45, 7) is 6.81. The molecule has 0 atom stereocenters. The third-order valence-corrected chi connectivity index (χ3v) is 9.09. The minimum atomic E-state index is 1.10. The molecule has 0 aromatic rings. The van der Waals surface area contributed by atoms with Gasteiger partial charge in [0, 0.05) is 37.1 Å². The first-order valence-corrected chi connectivity index (χ1v) is 19.7. The van der Waals surface area contributed by atoms with Gasteiger partial charge in [-0.25, -0.2) is 9.15 Å². The van der Waals surface area contributed by atoms with Crippen LogP contribution in [0.2, 0.25) is 0 Å². The minimum Gasteiger partial charge on any atom is -0.205 e. The summed E-state index contributed by atoms with van der Waals surface area (Å²) in [5, 5.41) is 0. The molecule has 44 heavy (non-hydrogen) atoms. The number of unbranched alkanes of at least 4 members (excludes halogenated alkanes) is 26. The molecule has 0 saturated heterocycles. The molecule has 0 spiro atoms. The van der Waals surface area contributed by atoms with Gasteiger partial charge in [-0.1, -0.05) is 180 Å². The van der Waals surface area contributed by atoms with Crippen molar-refractivity contribution >= 4 is 12.4 Å². The van der Waals surface area contributed by atoms with Crippen LogP contribution in [0.3, 0.4) is 0 Å². The van der Waals surface area contributed by atoms with Crippen LogP contribution in [-0.2, 0) is 0 Å². The first-order valence-electron chi connectivity index (χ1n) is 19.7. The SMILES string of the molecule is CCCCCCCCCCCCCCCC[N+]1=C/C=C\C=C\[N+](CCCCCCCCCCCCCCCC)=C/C=C/C=C\1. The molecule has 0 saturated carbocycles. The molecule has 1 heterocycles. The van der Waals surface area contributed by atoms with E-state index in [0.717, 1.165) is 13.1 Å². The lowest BCUT2D eigenvalue weighted by Gasteiger charge is -2.03. The Morgan fingerprint density at radius 3 is 0.795 bits per heavy atom. The van der Waals surface area contributed by atoms with E-state index in [0.29, 0.717) is 0 Å². The van der Waals surface area contributed by atoms with Crippen LogP contribution < -0.4 is 0 Å². The van der Waals surface area contributed by atoms with E-state index in [2.05, 4.69) is 84.3 Å². The van der Waals surface area contributed by atoms with Gasteiger partial charge < -0.3 is 0 Å². The molecule has 1 aliphatic rings.